The molecule has 0 spiro atoms. The summed E-state index contributed by atoms with van der Waals surface area (Å²) in [5.74, 6) is -1.12. The van der Waals surface area contributed by atoms with E-state index in [0.29, 0.717) is 24.1 Å². The van der Waals surface area contributed by atoms with E-state index in [4.69, 9.17) is 4.74 Å². The highest BCUT2D eigenvalue weighted by atomic mass is 32.2. The molecular formula is C24H22F4N4O4S. The molecule has 1 fully saturated rings. The van der Waals surface area contributed by atoms with Gasteiger partial charge in [-0.25, -0.2) is 12.8 Å². The third-order valence-electron chi connectivity index (χ3n) is 5.82. The number of amides is 1. The molecule has 1 aliphatic heterocycles. The van der Waals surface area contributed by atoms with E-state index < -0.39 is 39.5 Å². The molecule has 0 bridgehead atoms. The van der Waals surface area contributed by atoms with Crippen LogP contribution in [0, 0.1) is 5.82 Å². The van der Waals surface area contributed by atoms with Crippen molar-refractivity contribution in [2.75, 3.05) is 13.7 Å². The number of methoxy groups -OCH3 is 1. The van der Waals surface area contributed by atoms with Crippen LogP contribution in [0.2, 0.25) is 0 Å². The molecule has 1 amide bonds. The minimum Gasteiger partial charge on any atom is -0.467 e. The average molecular weight is 539 g/mol. The van der Waals surface area contributed by atoms with Gasteiger partial charge in [0.25, 0.3) is 0 Å². The zero-order chi connectivity index (χ0) is 26.8. The van der Waals surface area contributed by atoms with Gasteiger partial charge in [-0.1, -0.05) is 12.1 Å². The largest absolute Gasteiger partial charge is 0.467 e. The molecule has 4 rings (SSSR count). The van der Waals surface area contributed by atoms with Gasteiger partial charge < -0.3 is 10.1 Å². The maximum atomic E-state index is 13.2. The van der Waals surface area contributed by atoms with Crippen LogP contribution >= 0.6 is 0 Å². The molecule has 2 aromatic carbocycles. The zero-order valence-electron chi connectivity index (χ0n) is 19.5. The van der Waals surface area contributed by atoms with Gasteiger partial charge >= 0.3 is 12.2 Å². The van der Waals surface area contributed by atoms with Crippen molar-refractivity contribution < 1.29 is 35.5 Å². The summed E-state index contributed by atoms with van der Waals surface area (Å²) in [6, 6.07) is 9.24. The van der Waals surface area contributed by atoms with Crippen molar-refractivity contribution in [1.82, 2.24) is 19.6 Å². The van der Waals surface area contributed by atoms with Gasteiger partial charge in [0.05, 0.1) is 35.5 Å². The summed E-state index contributed by atoms with van der Waals surface area (Å²) in [5.41, 5.74) is 0.169. The van der Waals surface area contributed by atoms with Crippen molar-refractivity contribution in [3.05, 3.63) is 71.7 Å². The molecule has 1 atom stereocenters. The molecule has 37 heavy (non-hydrogen) atoms. The lowest BCUT2D eigenvalue weighted by Crippen LogP contribution is -2.45. The first-order valence-corrected chi connectivity index (χ1v) is 12.6. The Morgan fingerprint density at radius 1 is 1.11 bits per heavy atom. The standard InChI is InChI=1S/C24H22F4N4O4S/c1-36-23-30-18(13-20(31-23)15-4-6-16(7-5-15)24(26,27)28)14-29-22(33)21-3-2-12-32(21)37(34,35)19-10-8-17(25)9-11-19/h4-11,13,21H,2-3,12,14H2,1H3,(H,29,33). The molecule has 8 nitrogen and oxygen atoms in total. The second-order valence-electron chi connectivity index (χ2n) is 8.25. The fraction of sp³-hybridized carbons (Fsp3) is 0.292. The number of hydrogen-bond acceptors (Lipinski definition) is 6. The normalized spacial score (nSPS) is 16.5. The minimum atomic E-state index is -4.48. The highest BCUT2D eigenvalue weighted by Gasteiger charge is 2.39. The Balaban J connectivity index is 1.50. The second-order valence-corrected chi connectivity index (χ2v) is 10.1. The average Bonchev–Trinajstić information content (AvgIpc) is 3.38. The van der Waals surface area contributed by atoms with Crippen molar-refractivity contribution >= 4 is 15.9 Å². The van der Waals surface area contributed by atoms with E-state index in [0.717, 1.165) is 40.7 Å². The first kappa shape index (κ1) is 26.5. The molecule has 2 heterocycles. The summed E-state index contributed by atoms with van der Waals surface area (Å²) in [6.45, 7) is 0.0312. The summed E-state index contributed by atoms with van der Waals surface area (Å²) in [7, 11) is -2.70. The maximum absolute atomic E-state index is 13.2. The molecule has 1 N–H and O–H groups in total. The van der Waals surface area contributed by atoms with E-state index in [1.165, 1.54) is 25.3 Å². The molecule has 13 heteroatoms. The number of hydrogen-bond donors (Lipinski definition) is 1. The maximum Gasteiger partial charge on any atom is 0.416 e. The first-order chi connectivity index (χ1) is 17.5. The SMILES string of the molecule is COc1nc(CNC(=O)C2CCCN2S(=O)(=O)c2ccc(F)cc2)cc(-c2ccc(C(F)(F)F)cc2)n1. The number of ether oxygens (including phenoxy) is 1. The lowest BCUT2D eigenvalue weighted by atomic mass is 10.1. The Morgan fingerprint density at radius 2 is 1.78 bits per heavy atom. The van der Waals surface area contributed by atoms with Gasteiger partial charge in [0.2, 0.25) is 15.9 Å². The Morgan fingerprint density at radius 3 is 2.41 bits per heavy atom. The molecule has 0 radical (unpaired) electrons. The molecule has 1 saturated heterocycles. The predicted molar refractivity (Wildman–Crippen MR) is 124 cm³/mol. The topological polar surface area (TPSA) is 101 Å². The molecule has 0 saturated carbocycles. The van der Waals surface area contributed by atoms with Gasteiger partial charge in [0.1, 0.15) is 11.9 Å². The molecule has 1 aliphatic rings. The van der Waals surface area contributed by atoms with E-state index in [1.54, 1.807) is 0 Å². The van der Waals surface area contributed by atoms with Crippen molar-refractivity contribution in [1.29, 1.82) is 0 Å². The van der Waals surface area contributed by atoms with Gasteiger partial charge in [0, 0.05) is 12.1 Å². The summed E-state index contributed by atoms with van der Waals surface area (Å²) in [5, 5.41) is 2.66. The van der Waals surface area contributed by atoms with Gasteiger partial charge in [-0.3, -0.25) is 4.79 Å². The molecule has 0 aliphatic carbocycles. The molecule has 1 aromatic heterocycles. The number of nitrogens with one attached hydrogen (secondary N) is 1. The third kappa shape index (κ3) is 5.88. The fourth-order valence-electron chi connectivity index (χ4n) is 3.96. The fourth-order valence-corrected chi connectivity index (χ4v) is 5.62. The third-order valence-corrected chi connectivity index (χ3v) is 7.74. The van der Waals surface area contributed by atoms with Gasteiger partial charge in [-0.2, -0.15) is 27.4 Å². The van der Waals surface area contributed by atoms with E-state index in [1.807, 2.05) is 0 Å². The summed E-state index contributed by atoms with van der Waals surface area (Å²) < 4.78 is 84.1. The Hall–Kier alpha value is -3.58. The number of carbonyl (C=O) groups excluding carboxylic acids is 1. The lowest BCUT2D eigenvalue weighted by molar-refractivity contribution is -0.137. The molecular weight excluding hydrogens is 516 g/mol. The van der Waals surface area contributed by atoms with E-state index in [-0.39, 0.29) is 29.7 Å². The zero-order valence-corrected chi connectivity index (χ0v) is 20.3. The van der Waals surface area contributed by atoms with Crippen LogP contribution in [0.25, 0.3) is 11.3 Å². The van der Waals surface area contributed by atoms with Crippen LogP contribution in [-0.4, -0.2) is 48.3 Å². The highest BCUT2D eigenvalue weighted by molar-refractivity contribution is 7.89. The van der Waals surface area contributed by atoms with Gasteiger partial charge in [-0.05, 0) is 55.3 Å². The Bertz CT molecular complexity index is 1380. The smallest absolute Gasteiger partial charge is 0.416 e. The predicted octanol–water partition coefficient (Wildman–Crippen LogP) is 3.78. The first-order valence-electron chi connectivity index (χ1n) is 11.1. The molecule has 1 unspecified atom stereocenters. The summed E-state index contributed by atoms with van der Waals surface area (Å²) in [4.78, 5) is 21.2. The van der Waals surface area contributed by atoms with Crippen LogP contribution in [0.15, 0.2) is 59.5 Å². The summed E-state index contributed by atoms with van der Waals surface area (Å²) in [6.07, 6.45) is -3.70. The van der Waals surface area contributed by atoms with E-state index in [9.17, 15) is 30.8 Å². The van der Waals surface area contributed by atoms with Gasteiger partial charge in [-0.15, -0.1) is 0 Å². The minimum absolute atomic E-state index is 0.0528. The monoisotopic (exact) mass is 538 g/mol. The quantitative estimate of drug-likeness (QED) is 0.460. The number of carbonyl (C=O) groups is 1. The Labute approximate surface area is 210 Å². The van der Waals surface area contributed by atoms with Crippen LogP contribution in [0.5, 0.6) is 6.01 Å². The number of halogens is 4. The lowest BCUT2D eigenvalue weighted by Gasteiger charge is -2.23. The number of nitrogens with zero attached hydrogens (tertiary/aromatic N) is 3. The number of benzene rings is 2. The Kier molecular flexibility index (Phi) is 7.46. The van der Waals surface area contributed by atoms with Crippen LogP contribution in [0.4, 0.5) is 17.6 Å². The number of aromatic nitrogens is 2. The van der Waals surface area contributed by atoms with Crippen molar-refractivity contribution in [2.45, 2.75) is 36.5 Å². The second kappa shape index (κ2) is 10.4. The van der Waals surface area contributed by atoms with E-state index >= 15 is 0 Å². The van der Waals surface area contributed by atoms with Crippen LogP contribution in [-0.2, 0) is 27.5 Å². The number of sulfonamides is 1. The van der Waals surface area contributed by atoms with E-state index in [2.05, 4.69) is 15.3 Å². The summed E-state index contributed by atoms with van der Waals surface area (Å²) >= 11 is 0. The molecule has 196 valence electrons. The number of rotatable bonds is 7. The van der Waals surface area contributed by atoms with Crippen molar-refractivity contribution in [2.24, 2.45) is 0 Å². The highest BCUT2D eigenvalue weighted by Crippen LogP contribution is 2.31. The molecule has 3 aromatic rings. The van der Waals surface area contributed by atoms with Crippen LogP contribution < -0.4 is 10.1 Å². The van der Waals surface area contributed by atoms with Crippen LogP contribution in [0.1, 0.15) is 24.1 Å². The van der Waals surface area contributed by atoms with Crippen molar-refractivity contribution in [3.8, 4) is 17.3 Å². The van der Waals surface area contributed by atoms with Crippen LogP contribution in [0.3, 0.4) is 0 Å². The van der Waals surface area contributed by atoms with Gasteiger partial charge in [0.15, 0.2) is 0 Å². The van der Waals surface area contributed by atoms with Crippen molar-refractivity contribution in [3.63, 3.8) is 0 Å². The number of alkyl halides is 3.